The van der Waals surface area contributed by atoms with Crippen LogP contribution in [0.5, 0.6) is 5.75 Å². The number of ether oxygens (including phenoxy) is 1. The van der Waals surface area contributed by atoms with Crippen LogP contribution in [-0.4, -0.2) is 30.0 Å². The molecule has 0 radical (unpaired) electrons. The van der Waals surface area contributed by atoms with Gasteiger partial charge >= 0.3 is 35.3 Å². The van der Waals surface area contributed by atoms with Gasteiger partial charge in [-0.05, 0) is 23.2 Å². The fourth-order valence-corrected chi connectivity index (χ4v) is 2.11. The molecule has 0 aliphatic rings. The fourth-order valence-electron chi connectivity index (χ4n) is 1.08. The van der Waals surface area contributed by atoms with Gasteiger partial charge in [-0.3, -0.25) is 8.93 Å². The van der Waals surface area contributed by atoms with Gasteiger partial charge in [0.25, 0.3) is 10.0 Å². The van der Waals surface area contributed by atoms with Crippen LogP contribution in [0.3, 0.4) is 0 Å². The van der Waals surface area contributed by atoms with Crippen LogP contribution in [0.2, 0.25) is 0 Å². The van der Waals surface area contributed by atoms with E-state index < -0.39 is 26.9 Å². The SMILES string of the molecule is COc1cc(NS(=O)(=O)C(F)F)ccc1S(=O)[O-].[Na+]. The molecule has 102 valence electrons. The predicted molar refractivity (Wildman–Crippen MR) is 58.7 cm³/mol. The monoisotopic (exact) mass is 323 g/mol. The molecule has 1 unspecified atom stereocenters. The third kappa shape index (κ3) is 4.97. The van der Waals surface area contributed by atoms with Gasteiger partial charge in [-0.1, -0.05) is 0 Å². The first-order valence-electron chi connectivity index (χ1n) is 4.35. The minimum Gasteiger partial charge on any atom is -0.768 e. The summed E-state index contributed by atoms with van der Waals surface area (Å²) in [7, 11) is -3.64. The molecular weight excluding hydrogens is 315 g/mol. The number of anilines is 1. The molecule has 0 aliphatic carbocycles. The molecule has 6 nitrogen and oxygen atoms in total. The van der Waals surface area contributed by atoms with Crippen LogP contribution in [0.4, 0.5) is 14.5 Å². The Morgan fingerprint density at radius 3 is 2.42 bits per heavy atom. The Balaban J connectivity index is 0.00000324. The summed E-state index contributed by atoms with van der Waals surface area (Å²) in [6.45, 7) is 0. The van der Waals surface area contributed by atoms with Crippen molar-refractivity contribution in [3.63, 3.8) is 0 Å². The van der Waals surface area contributed by atoms with E-state index in [1.807, 2.05) is 0 Å². The van der Waals surface area contributed by atoms with Crippen molar-refractivity contribution in [2.75, 3.05) is 11.8 Å². The molecule has 0 saturated heterocycles. The summed E-state index contributed by atoms with van der Waals surface area (Å²) in [5.74, 6) is -3.74. The van der Waals surface area contributed by atoms with Crippen molar-refractivity contribution in [1.82, 2.24) is 0 Å². The van der Waals surface area contributed by atoms with Crippen LogP contribution in [-0.2, 0) is 21.1 Å². The fraction of sp³-hybridized carbons (Fsp3) is 0.250. The minimum absolute atomic E-state index is 0. The number of benzene rings is 1. The minimum atomic E-state index is -4.80. The molecule has 1 N–H and O–H groups in total. The quantitative estimate of drug-likeness (QED) is 0.495. The summed E-state index contributed by atoms with van der Waals surface area (Å²) in [6, 6.07) is 3.06. The molecule has 0 spiro atoms. The molecule has 0 aliphatic heterocycles. The predicted octanol–water partition coefficient (Wildman–Crippen LogP) is -2.10. The van der Waals surface area contributed by atoms with Crippen LogP contribution in [0.15, 0.2) is 23.1 Å². The average Bonchev–Trinajstić information content (AvgIpc) is 2.27. The van der Waals surface area contributed by atoms with Crippen LogP contribution in [0, 0.1) is 0 Å². The second-order valence-electron chi connectivity index (χ2n) is 3.01. The molecule has 1 rings (SSSR count). The van der Waals surface area contributed by atoms with Gasteiger partial charge in [-0.15, -0.1) is 0 Å². The van der Waals surface area contributed by atoms with Crippen LogP contribution < -0.4 is 39.0 Å². The Labute approximate surface area is 133 Å². The molecule has 0 fully saturated rings. The number of rotatable bonds is 5. The van der Waals surface area contributed by atoms with Crippen molar-refractivity contribution < 1.29 is 60.3 Å². The molecule has 1 aromatic carbocycles. The maximum Gasteiger partial charge on any atom is 1.00 e. The standard InChI is InChI=1S/C8H9F2NO5S2.Na/c1-16-6-4-5(2-3-7(6)17(12)13)11-18(14,15)8(9)10;/h2-4,8,11H,1H3,(H,12,13);/q;+1/p-1. The zero-order valence-electron chi connectivity index (χ0n) is 9.92. The van der Waals surface area contributed by atoms with Crippen LogP contribution in [0.1, 0.15) is 0 Å². The smallest absolute Gasteiger partial charge is 0.768 e. The summed E-state index contributed by atoms with van der Waals surface area (Å²) >= 11 is -2.58. The van der Waals surface area contributed by atoms with E-state index in [9.17, 15) is 26.0 Å². The second-order valence-corrected chi connectivity index (χ2v) is 5.57. The van der Waals surface area contributed by atoms with Crippen LogP contribution >= 0.6 is 0 Å². The van der Waals surface area contributed by atoms with Gasteiger partial charge in [0.1, 0.15) is 5.75 Å². The van der Waals surface area contributed by atoms with Crippen molar-refractivity contribution in [2.45, 2.75) is 10.7 Å². The maximum atomic E-state index is 12.1. The molecule has 0 bridgehead atoms. The van der Waals surface area contributed by atoms with E-state index in [1.165, 1.54) is 0 Å². The van der Waals surface area contributed by atoms with E-state index in [0.29, 0.717) is 0 Å². The number of nitrogens with one attached hydrogen (secondary N) is 1. The molecule has 0 aromatic heterocycles. The molecule has 1 atom stereocenters. The number of sulfonamides is 1. The number of hydrogen-bond donors (Lipinski definition) is 1. The first kappa shape index (κ1) is 18.7. The van der Waals surface area contributed by atoms with E-state index in [2.05, 4.69) is 0 Å². The molecule has 19 heavy (non-hydrogen) atoms. The topological polar surface area (TPSA) is 95.5 Å². The molecule has 0 saturated carbocycles. The zero-order chi connectivity index (χ0) is 13.9. The maximum absolute atomic E-state index is 12.1. The van der Waals surface area contributed by atoms with Crippen molar-refractivity contribution in [3.8, 4) is 5.75 Å². The summed E-state index contributed by atoms with van der Waals surface area (Å²) in [5, 5.41) is 0. The van der Waals surface area contributed by atoms with E-state index in [0.717, 1.165) is 25.3 Å². The van der Waals surface area contributed by atoms with E-state index in [-0.39, 0.29) is 45.9 Å². The van der Waals surface area contributed by atoms with Crippen molar-refractivity contribution in [3.05, 3.63) is 18.2 Å². The summed E-state index contributed by atoms with van der Waals surface area (Å²) in [5.41, 5.74) is -0.221. The Hall–Kier alpha value is -0.260. The van der Waals surface area contributed by atoms with Gasteiger partial charge < -0.3 is 9.29 Å². The summed E-state index contributed by atoms with van der Waals surface area (Å²) < 4.78 is 73.8. The van der Waals surface area contributed by atoms with Crippen LogP contribution in [0.25, 0.3) is 0 Å². The first-order valence-corrected chi connectivity index (χ1v) is 6.97. The third-order valence-electron chi connectivity index (χ3n) is 1.84. The molecule has 0 amide bonds. The van der Waals surface area contributed by atoms with Gasteiger partial charge in [-0.2, -0.15) is 8.78 Å². The van der Waals surface area contributed by atoms with E-state index in [1.54, 1.807) is 4.72 Å². The van der Waals surface area contributed by atoms with E-state index >= 15 is 0 Å². The van der Waals surface area contributed by atoms with Crippen molar-refractivity contribution in [2.24, 2.45) is 0 Å². The average molecular weight is 323 g/mol. The van der Waals surface area contributed by atoms with Crippen molar-refractivity contribution >= 4 is 26.8 Å². The third-order valence-corrected chi connectivity index (χ3v) is 3.52. The summed E-state index contributed by atoms with van der Waals surface area (Å²) in [6.07, 6.45) is 0. The van der Waals surface area contributed by atoms with Gasteiger partial charge in [0.15, 0.2) is 0 Å². The number of halogens is 2. The Morgan fingerprint density at radius 1 is 1.42 bits per heavy atom. The molecule has 11 heteroatoms. The van der Waals surface area contributed by atoms with Gasteiger partial charge in [0, 0.05) is 6.07 Å². The number of alkyl halides is 2. The van der Waals surface area contributed by atoms with Crippen molar-refractivity contribution in [1.29, 1.82) is 0 Å². The second kappa shape index (κ2) is 7.50. The van der Waals surface area contributed by atoms with Gasteiger partial charge in [0.05, 0.1) is 17.7 Å². The van der Waals surface area contributed by atoms with Gasteiger partial charge in [0.2, 0.25) is 0 Å². The summed E-state index contributed by atoms with van der Waals surface area (Å²) in [4.78, 5) is -0.211. The number of methoxy groups -OCH3 is 1. The Kier molecular flexibility index (Phi) is 7.40. The largest absolute Gasteiger partial charge is 1.00 e. The molecule has 0 heterocycles. The molecule has 1 aromatic rings. The Bertz CT molecular complexity index is 566. The van der Waals surface area contributed by atoms with E-state index in [4.69, 9.17) is 4.74 Å². The Morgan fingerprint density at radius 2 is 2.00 bits per heavy atom. The van der Waals surface area contributed by atoms with Gasteiger partial charge in [-0.25, -0.2) is 8.42 Å². The molecular formula is C8H8F2NNaO5S2. The number of hydrogen-bond acceptors (Lipinski definition) is 5. The zero-order valence-corrected chi connectivity index (χ0v) is 13.6. The normalized spacial score (nSPS) is 12.7. The first-order chi connectivity index (χ1) is 8.27.